The first-order chi connectivity index (χ1) is 20.3. The Kier molecular flexibility index (Phi) is 9.15. The first-order valence-electron chi connectivity index (χ1n) is 13.1. The summed E-state index contributed by atoms with van der Waals surface area (Å²) < 4.78 is 11.9. The van der Waals surface area contributed by atoms with Gasteiger partial charge in [-0.05, 0) is 18.6 Å². The number of benzene rings is 2. The zero-order chi connectivity index (χ0) is 29.8. The second-order valence-electron chi connectivity index (χ2n) is 9.61. The standard InChI is InChI=1S/C29H28Cl2N6O5/c1-37-29(40)26(33-15-34-37)27(39)35-22-8-4-6-18(25(22)31)17-5-3-7-19(24(17)30)20-10-9-16(28(36-20)41-2)13-32-21-11-12-42-14-23(21)38/h3-10,15,21,23,32,38H,11-14H2,1-2H3,(H,35,39)/t21?,23-/m1/s1. The van der Waals surface area contributed by atoms with Crippen molar-refractivity contribution in [1.82, 2.24) is 25.1 Å². The lowest BCUT2D eigenvalue weighted by atomic mass is 10.00. The number of nitrogens with one attached hydrogen (secondary N) is 2. The molecule has 1 fully saturated rings. The SMILES string of the molecule is COc1nc(-c2cccc(-c3cccc(NC(=O)c4ncnn(C)c4=O)c3Cl)c2Cl)ccc1CNC1CCOC[C@H]1O. The summed E-state index contributed by atoms with van der Waals surface area (Å²) in [5, 5.41) is 20.6. The van der Waals surface area contributed by atoms with Crippen molar-refractivity contribution in [2.24, 2.45) is 7.05 Å². The van der Waals surface area contributed by atoms with Crippen LogP contribution in [0.4, 0.5) is 5.69 Å². The fraction of sp³-hybridized carbons (Fsp3) is 0.276. The number of hydrogen-bond acceptors (Lipinski definition) is 9. The van der Waals surface area contributed by atoms with Crippen LogP contribution in [0.5, 0.6) is 5.88 Å². The molecule has 0 radical (unpaired) electrons. The zero-order valence-electron chi connectivity index (χ0n) is 22.8. The molecule has 42 heavy (non-hydrogen) atoms. The van der Waals surface area contributed by atoms with Gasteiger partial charge in [0.25, 0.3) is 11.5 Å². The van der Waals surface area contributed by atoms with Crippen molar-refractivity contribution in [3.05, 3.63) is 86.5 Å². The molecule has 2 aromatic heterocycles. The van der Waals surface area contributed by atoms with Gasteiger partial charge in [-0.1, -0.05) is 59.6 Å². The number of aryl methyl sites for hydroxylation is 1. The summed E-state index contributed by atoms with van der Waals surface area (Å²) in [5.74, 6) is -0.282. The lowest BCUT2D eigenvalue weighted by Gasteiger charge is -2.28. The number of amides is 1. The molecule has 1 saturated heterocycles. The van der Waals surface area contributed by atoms with E-state index >= 15 is 0 Å². The lowest BCUT2D eigenvalue weighted by Crippen LogP contribution is -2.46. The van der Waals surface area contributed by atoms with Crippen LogP contribution < -0.4 is 20.9 Å². The van der Waals surface area contributed by atoms with E-state index in [4.69, 9.17) is 37.7 Å². The van der Waals surface area contributed by atoms with Crippen LogP contribution in [-0.4, -0.2) is 63.2 Å². The molecular formula is C29H28Cl2N6O5. The Hall–Kier alpha value is -3.87. The number of hydrogen-bond donors (Lipinski definition) is 3. The quantitative estimate of drug-likeness (QED) is 0.272. The summed E-state index contributed by atoms with van der Waals surface area (Å²) in [7, 11) is 2.98. The van der Waals surface area contributed by atoms with E-state index < -0.39 is 17.6 Å². The van der Waals surface area contributed by atoms with Gasteiger partial charge < -0.3 is 25.2 Å². The number of carbonyl (C=O) groups is 1. The maximum atomic E-state index is 12.8. The highest BCUT2D eigenvalue weighted by Gasteiger charge is 2.24. The summed E-state index contributed by atoms with van der Waals surface area (Å²) in [5.41, 5.74) is 2.61. The molecule has 5 rings (SSSR count). The van der Waals surface area contributed by atoms with Crippen molar-refractivity contribution in [2.75, 3.05) is 25.6 Å². The van der Waals surface area contributed by atoms with Crippen molar-refractivity contribution in [3.63, 3.8) is 0 Å². The highest BCUT2D eigenvalue weighted by Crippen LogP contribution is 2.41. The van der Waals surface area contributed by atoms with Crippen molar-refractivity contribution in [1.29, 1.82) is 0 Å². The fourth-order valence-corrected chi connectivity index (χ4v) is 5.27. The van der Waals surface area contributed by atoms with E-state index in [1.54, 1.807) is 25.3 Å². The van der Waals surface area contributed by atoms with Gasteiger partial charge in [-0.15, -0.1) is 0 Å². The minimum absolute atomic E-state index is 0.0779. The third-order valence-electron chi connectivity index (χ3n) is 6.95. The summed E-state index contributed by atoms with van der Waals surface area (Å²) >= 11 is 13.7. The number of carbonyl (C=O) groups excluding carboxylic acids is 1. The summed E-state index contributed by atoms with van der Waals surface area (Å²) in [6, 6.07) is 14.3. The molecule has 3 N–H and O–H groups in total. The van der Waals surface area contributed by atoms with Crippen molar-refractivity contribution in [3.8, 4) is 28.3 Å². The first-order valence-corrected chi connectivity index (χ1v) is 13.8. The second kappa shape index (κ2) is 13.0. The van der Waals surface area contributed by atoms with Crippen LogP contribution in [0.25, 0.3) is 22.4 Å². The highest BCUT2D eigenvalue weighted by atomic mass is 35.5. The lowest BCUT2D eigenvalue weighted by molar-refractivity contribution is -0.0281. The predicted octanol–water partition coefficient (Wildman–Crippen LogP) is 3.71. The molecule has 11 nitrogen and oxygen atoms in total. The zero-order valence-corrected chi connectivity index (χ0v) is 24.3. The van der Waals surface area contributed by atoms with Gasteiger partial charge in [0.1, 0.15) is 6.33 Å². The van der Waals surface area contributed by atoms with Gasteiger partial charge in [0.15, 0.2) is 5.69 Å². The molecule has 4 aromatic rings. The third-order valence-corrected chi connectivity index (χ3v) is 7.76. The predicted molar refractivity (Wildman–Crippen MR) is 159 cm³/mol. The molecule has 2 aromatic carbocycles. The molecule has 0 spiro atoms. The van der Waals surface area contributed by atoms with Crippen LogP contribution in [0, 0.1) is 0 Å². The number of aliphatic hydroxyl groups is 1. The molecule has 0 bridgehead atoms. The highest BCUT2D eigenvalue weighted by molar-refractivity contribution is 6.39. The average Bonchev–Trinajstić information content (AvgIpc) is 2.99. The molecule has 0 saturated carbocycles. The number of anilines is 1. The van der Waals surface area contributed by atoms with E-state index in [0.717, 1.165) is 16.6 Å². The van der Waals surface area contributed by atoms with Crippen LogP contribution in [-0.2, 0) is 18.3 Å². The van der Waals surface area contributed by atoms with Crippen LogP contribution >= 0.6 is 23.2 Å². The summed E-state index contributed by atoms with van der Waals surface area (Å²) in [6.45, 7) is 1.36. The molecule has 0 aliphatic carbocycles. The molecule has 13 heteroatoms. The van der Waals surface area contributed by atoms with Gasteiger partial charge in [-0.3, -0.25) is 9.59 Å². The number of methoxy groups -OCH3 is 1. The number of nitrogens with zero attached hydrogens (tertiary/aromatic N) is 4. The number of halogens is 2. The second-order valence-corrected chi connectivity index (χ2v) is 10.4. The Bertz CT molecular complexity index is 1680. The fourth-order valence-electron chi connectivity index (χ4n) is 4.67. The van der Waals surface area contributed by atoms with Crippen LogP contribution in [0.3, 0.4) is 0 Å². The van der Waals surface area contributed by atoms with Gasteiger partial charge in [-0.2, -0.15) is 5.10 Å². The maximum absolute atomic E-state index is 12.8. The van der Waals surface area contributed by atoms with E-state index in [1.165, 1.54) is 7.05 Å². The van der Waals surface area contributed by atoms with E-state index in [9.17, 15) is 14.7 Å². The van der Waals surface area contributed by atoms with Crippen LogP contribution in [0.15, 0.2) is 59.7 Å². The van der Waals surface area contributed by atoms with E-state index in [-0.39, 0.29) is 22.4 Å². The minimum atomic E-state index is -0.714. The molecule has 218 valence electrons. The first kappa shape index (κ1) is 29.6. The number of ether oxygens (including phenoxy) is 2. The largest absolute Gasteiger partial charge is 0.481 e. The molecule has 1 amide bonds. The van der Waals surface area contributed by atoms with Crippen molar-refractivity contribution < 1.29 is 19.4 Å². The number of pyridine rings is 1. The van der Waals surface area contributed by atoms with E-state index in [2.05, 4.69) is 20.7 Å². The molecule has 1 aliphatic rings. The Labute approximate surface area is 251 Å². The van der Waals surface area contributed by atoms with Gasteiger partial charge in [0, 0.05) is 48.5 Å². The Balaban J connectivity index is 1.41. The summed E-state index contributed by atoms with van der Waals surface area (Å²) in [4.78, 5) is 33.6. The van der Waals surface area contributed by atoms with Gasteiger partial charge in [-0.25, -0.2) is 14.6 Å². The molecule has 3 heterocycles. The van der Waals surface area contributed by atoms with E-state index in [0.29, 0.717) is 59.5 Å². The van der Waals surface area contributed by atoms with Crippen LogP contribution in [0.1, 0.15) is 22.5 Å². The molecule has 1 unspecified atom stereocenters. The van der Waals surface area contributed by atoms with Crippen LogP contribution in [0.2, 0.25) is 10.0 Å². The topological polar surface area (TPSA) is 140 Å². The van der Waals surface area contributed by atoms with Crippen molar-refractivity contribution in [2.45, 2.75) is 25.1 Å². The Morgan fingerprint density at radius 2 is 1.86 bits per heavy atom. The smallest absolute Gasteiger partial charge is 0.298 e. The van der Waals surface area contributed by atoms with Gasteiger partial charge in [0.05, 0.1) is 41.2 Å². The normalized spacial score (nSPS) is 16.7. The summed E-state index contributed by atoms with van der Waals surface area (Å²) in [6.07, 6.45) is 1.27. The third kappa shape index (κ3) is 6.15. The monoisotopic (exact) mass is 610 g/mol. The number of rotatable bonds is 8. The van der Waals surface area contributed by atoms with Gasteiger partial charge in [0.2, 0.25) is 5.88 Å². The van der Waals surface area contributed by atoms with E-state index in [1.807, 2.05) is 30.3 Å². The number of aromatic nitrogens is 4. The Morgan fingerprint density at radius 1 is 1.12 bits per heavy atom. The molecule has 1 aliphatic heterocycles. The number of aliphatic hydroxyl groups excluding tert-OH is 1. The average molecular weight is 611 g/mol. The molecular weight excluding hydrogens is 583 g/mol. The minimum Gasteiger partial charge on any atom is -0.481 e. The maximum Gasteiger partial charge on any atom is 0.298 e. The van der Waals surface area contributed by atoms with Gasteiger partial charge >= 0.3 is 0 Å². The van der Waals surface area contributed by atoms with Crippen molar-refractivity contribution >= 4 is 34.8 Å². The Morgan fingerprint density at radius 3 is 2.62 bits per heavy atom. The molecule has 2 atom stereocenters.